The van der Waals surface area contributed by atoms with Crippen molar-refractivity contribution in [2.75, 3.05) is 33.7 Å². The molecule has 1 radical (unpaired) electrons. The van der Waals surface area contributed by atoms with Gasteiger partial charge in [0.05, 0.1) is 0 Å². The monoisotopic (exact) mass is 238 g/mol. The number of hydrogen-bond acceptors (Lipinski definition) is 3. The number of ketones is 1. The molecular formula is C9H15F3N3O. The molecule has 1 aliphatic rings. The third-order valence-corrected chi connectivity index (χ3v) is 2.56. The van der Waals surface area contributed by atoms with Crippen LogP contribution < -0.4 is 10.6 Å². The fourth-order valence-electron chi connectivity index (χ4n) is 1.54. The van der Waals surface area contributed by atoms with Gasteiger partial charge in [-0.2, -0.15) is 0 Å². The van der Waals surface area contributed by atoms with Crippen molar-refractivity contribution in [3.63, 3.8) is 0 Å². The first-order chi connectivity index (χ1) is 7.40. The van der Waals surface area contributed by atoms with Crippen molar-refractivity contribution in [1.29, 1.82) is 0 Å². The number of hydrogen-bond donors (Lipinski definition) is 1. The Morgan fingerprint density at radius 1 is 1.56 bits per heavy atom. The molecule has 1 saturated heterocycles. The summed E-state index contributed by atoms with van der Waals surface area (Å²) >= 11 is 0. The fourth-order valence-corrected chi connectivity index (χ4v) is 1.54. The minimum Gasteiger partial charge on any atom is -0.313 e. The van der Waals surface area contributed by atoms with Crippen LogP contribution in [0.3, 0.4) is 0 Å². The van der Waals surface area contributed by atoms with Crippen molar-refractivity contribution in [1.82, 2.24) is 15.5 Å². The third kappa shape index (κ3) is 2.36. The first-order valence-electron chi connectivity index (χ1n) is 4.96. The van der Waals surface area contributed by atoms with E-state index in [-0.39, 0.29) is 6.54 Å². The van der Waals surface area contributed by atoms with Gasteiger partial charge in [0, 0.05) is 19.6 Å². The predicted molar refractivity (Wildman–Crippen MR) is 52.2 cm³/mol. The van der Waals surface area contributed by atoms with E-state index in [0.717, 1.165) is 14.1 Å². The molecule has 0 aromatic carbocycles. The van der Waals surface area contributed by atoms with E-state index in [2.05, 4.69) is 10.6 Å². The van der Waals surface area contributed by atoms with Crippen molar-refractivity contribution < 1.29 is 18.0 Å². The van der Waals surface area contributed by atoms with E-state index in [0.29, 0.717) is 18.0 Å². The maximum Gasteiger partial charge on any atom is 0.292 e. The average Bonchev–Trinajstić information content (AvgIpc) is 2.27. The highest BCUT2D eigenvalue weighted by Gasteiger charge is 2.52. The van der Waals surface area contributed by atoms with E-state index in [9.17, 15) is 18.0 Å². The van der Waals surface area contributed by atoms with Crippen molar-refractivity contribution in [2.24, 2.45) is 0 Å². The zero-order valence-corrected chi connectivity index (χ0v) is 9.21. The zero-order valence-electron chi connectivity index (χ0n) is 9.21. The van der Waals surface area contributed by atoms with Crippen molar-refractivity contribution in [3.05, 3.63) is 0 Å². The Balaban J connectivity index is 2.82. The van der Waals surface area contributed by atoms with E-state index < -0.39 is 24.0 Å². The summed E-state index contributed by atoms with van der Waals surface area (Å²) in [6.45, 7) is 1.04. The number of nitrogens with one attached hydrogen (secondary N) is 1. The molecule has 1 unspecified atom stereocenters. The molecule has 1 rings (SSSR count). The number of carbonyl (C=O) groups excluding carboxylic acids is 1. The maximum atomic E-state index is 14.0. The Labute approximate surface area is 92.2 Å². The highest BCUT2D eigenvalue weighted by molar-refractivity contribution is 5.92. The van der Waals surface area contributed by atoms with Crippen LogP contribution in [0.15, 0.2) is 0 Å². The summed E-state index contributed by atoms with van der Waals surface area (Å²) in [5, 5.41) is 6.67. The van der Waals surface area contributed by atoms with Gasteiger partial charge in [0.1, 0.15) is 6.04 Å². The summed E-state index contributed by atoms with van der Waals surface area (Å²) in [6, 6.07) is -1.03. The second-order valence-electron chi connectivity index (χ2n) is 3.86. The summed E-state index contributed by atoms with van der Waals surface area (Å²) in [7, 11) is 2.22. The molecule has 0 saturated carbocycles. The van der Waals surface area contributed by atoms with Gasteiger partial charge in [0.2, 0.25) is 5.78 Å². The van der Waals surface area contributed by atoms with Gasteiger partial charge >= 0.3 is 0 Å². The number of carbonyl (C=O) groups is 1. The highest BCUT2D eigenvalue weighted by Crippen LogP contribution is 2.26. The Morgan fingerprint density at radius 3 is 2.56 bits per heavy atom. The quantitative estimate of drug-likeness (QED) is 0.679. The minimum absolute atomic E-state index is 0.116. The lowest BCUT2D eigenvalue weighted by Crippen LogP contribution is -2.61. The number of halogens is 3. The lowest BCUT2D eigenvalue weighted by atomic mass is 10.0. The van der Waals surface area contributed by atoms with Gasteiger partial charge in [-0.05, 0) is 14.1 Å². The first-order valence-corrected chi connectivity index (χ1v) is 4.96. The molecule has 0 bridgehead atoms. The van der Waals surface area contributed by atoms with Crippen LogP contribution in [0.25, 0.3) is 0 Å². The number of piperazine rings is 1. The second-order valence-corrected chi connectivity index (χ2v) is 3.86. The molecule has 2 atom stereocenters. The lowest BCUT2D eigenvalue weighted by molar-refractivity contribution is -0.166. The second kappa shape index (κ2) is 5.11. The number of alkyl halides is 3. The number of likely N-dealkylation sites (N-methyl/N-ethyl adjacent to an activating group) is 1. The normalized spacial score (nSPS) is 25.8. The Morgan fingerprint density at radius 2 is 2.19 bits per heavy atom. The van der Waals surface area contributed by atoms with Crippen molar-refractivity contribution in [3.8, 4) is 0 Å². The van der Waals surface area contributed by atoms with Gasteiger partial charge in [0.15, 0.2) is 0 Å². The van der Waals surface area contributed by atoms with Gasteiger partial charge in [-0.3, -0.25) is 9.69 Å². The van der Waals surface area contributed by atoms with Crippen LogP contribution >= 0.6 is 0 Å². The van der Waals surface area contributed by atoms with Crippen LogP contribution in [-0.4, -0.2) is 62.7 Å². The van der Waals surface area contributed by atoms with Gasteiger partial charge in [0.25, 0.3) is 12.2 Å². The van der Waals surface area contributed by atoms with Crippen LogP contribution in [0.4, 0.5) is 13.2 Å². The fraction of sp³-hybridized carbons (Fsp3) is 0.889. The molecule has 0 aliphatic carbocycles. The minimum atomic E-state index is -3.38. The van der Waals surface area contributed by atoms with E-state index in [1.54, 1.807) is 0 Å². The third-order valence-electron chi connectivity index (χ3n) is 2.56. The van der Waals surface area contributed by atoms with Crippen LogP contribution in [0, 0.1) is 0 Å². The topological polar surface area (TPSA) is 46.4 Å². The van der Waals surface area contributed by atoms with E-state index >= 15 is 0 Å². The standard InChI is InChI=1S/C9H15F3N3O/c1-15(2)9(12,8(10)11)7(16)6-5-13-3-4-14-6/h6,8,13H,3-5H2,1-2H3/t6?,9-/m1/s1. The molecule has 1 fully saturated rings. The van der Waals surface area contributed by atoms with E-state index in [1.807, 2.05) is 0 Å². The summed E-state index contributed by atoms with van der Waals surface area (Å²) in [5.74, 6) is -4.44. The van der Waals surface area contributed by atoms with Gasteiger partial charge in [-0.15, -0.1) is 0 Å². The molecule has 0 amide bonds. The highest BCUT2D eigenvalue weighted by atomic mass is 19.3. The van der Waals surface area contributed by atoms with E-state index in [4.69, 9.17) is 0 Å². The summed E-state index contributed by atoms with van der Waals surface area (Å²) in [5.41, 5.74) is 0. The SMILES string of the molecule is CN(C)[C@](F)(C(=O)C1CNCC[N]1)C(F)F. The van der Waals surface area contributed by atoms with Crippen molar-refractivity contribution in [2.45, 2.75) is 18.3 Å². The molecule has 0 aromatic rings. The molecule has 0 aromatic heterocycles. The molecule has 4 nitrogen and oxygen atoms in total. The zero-order chi connectivity index (χ0) is 12.3. The van der Waals surface area contributed by atoms with Crippen LogP contribution in [0.2, 0.25) is 0 Å². The molecule has 16 heavy (non-hydrogen) atoms. The molecule has 1 N–H and O–H groups in total. The number of nitrogens with zero attached hydrogens (tertiary/aromatic N) is 2. The van der Waals surface area contributed by atoms with Crippen LogP contribution in [0.5, 0.6) is 0 Å². The Bertz CT molecular complexity index is 246. The Hall–Kier alpha value is -0.660. The average molecular weight is 238 g/mol. The van der Waals surface area contributed by atoms with Gasteiger partial charge in [-0.25, -0.2) is 18.5 Å². The lowest BCUT2D eigenvalue weighted by Gasteiger charge is -2.33. The maximum absolute atomic E-state index is 14.0. The molecule has 93 valence electrons. The summed E-state index contributed by atoms with van der Waals surface area (Å²) in [4.78, 5) is 12.3. The van der Waals surface area contributed by atoms with Crippen LogP contribution in [-0.2, 0) is 4.79 Å². The summed E-state index contributed by atoms with van der Waals surface area (Å²) < 4.78 is 39.2. The molecule has 1 aliphatic heterocycles. The van der Waals surface area contributed by atoms with Gasteiger partial charge in [-0.1, -0.05) is 0 Å². The summed E-state index contributed by atoms with van der Waals surface area (Å²) in [6.07, 6.45) is -3.38. The Kier molecular flexibility index (Phi) is 4.28. The van der Waals surface area contributed by atoms with Crippen LogP contribution in [0.1, 0.15) is 0 Å². The number of rotatable bonds is 4. The van der Waals surface area contributed by atoms with Crippen molar-refractivity contribution >= 4 is 5.78 Å². The molecule has 1 heterocycles. The first kappa shape index (κ1) is 13.4. The van der Waals surface area contributed by atoms with E-state index in [1.165, 1.54) is 0 Å². The largest absolute Gasteiger partial charge is 0.313 e. The molecule has 7 heteroatoms. The van der Waals surface area contributed by atoms with Gasteiger partial charge < -0.3 is 5.32 Å². The predicted octanol–water partition coefficient (Wildman–Crippen LogP) is -0.376. The molecular weight excluding hydrogens is 223 g/mol. The smallest absolute Gasteiger partial charge is 0.292 e. The number of Topliss-reactive ketones (excluding diaryl/α,β-unsaturated/α-hetero) is 1. The molecule has 0 spiro atoms.